The van der Waals surface area contributed by atoms with Gasteiger partial charge in [-0.3, -0.25) is 9.69 Å². The molecule has 1 N–H and O–H groups in total. The number of carbonyl (C=O) groups is 1. The second-order valence-corrected chi connectivity index (χ2v) is 10.5. The SMILES string of the molecule is CN(CC(=O)NC1CCS(=O)(=O)C1)Cn1nc(C2COc3ccccc3O2)n(C)c1=S. The summed E-state index contributed by atoms with van der Waals surface area (Å²) in [6.45, 7) is 0.715. The number of hydrogen-bond acceptors (Lipinski definition) is 8. The van der Waals surface area contributed by atoms with Gasteiger partial charge in [-0.05, 0) is 37.8 Å². The number of nitrogens with one attached hydrogen (secondary N) is 1. The molecule has 1 fully saturated rings. The van der Waals surface area contributed by atoms with E-state index in [9.17, 15) is 13.2 Å². The highest BCUT2D eigenvalue weighted by Crippen LogP contribution is 2.35. The standard InChI is InChI=1S/C19H25N5O5S2/c1-22(9-17(25)20-13-7-8-31(26,27)11-13)12-24-19(30)23(2)18(21-24)16-10-28-14-5-3-4-6-15(14)29-16/h3-6,13,16H,7-12H2,1-2H3,(H,20,25). The molecule has 0 saturated carbocycles. The molecular weight excluding hydrogens is 442 g/mol. The van der Waals surface area contributed by atoms with Crippen molar-refractivity contribution in [3.05, 3.63) is 34.9 Å². The molecule has 0 bridgehead atoms. The summed E-state index contributed by atoms with van der Waals surface area (Å²) in [5.41, 5.74) is 0. The molecule has 1 aromatic carbocycles. The molecule has 31 heavy (non-hydrogen) atoms. The van der Waals surface area contributed by atoms with Crippen LogP contribution in [-0.2, 0) is 28.3 Å². The normalized spacial score (nSPS) is 21.9. The van der Waals surface area contributed by atoms with Crippen molar-refractivity contribution >= 4 is 28.0 Å². The van der Waals surface area contributed by atoms with Crippen molar-refractivity contribution < 1.29 is 22.7 Å². The second kappa shape index (κ2) is 8.60. The van der Waals surface area contributed by atoms with E-state index < -0.39 is 15.9 Å². The minimum absolute atomic E-state index is 0.00367. The van der Waals surface area contributed by atoms with Crippen LogP contribution in [0, 0.1) is 4.77 Å². The highest BCUT2D eigenvalue weighted by Gasteiger charge is 2.30. The molecule has 10 nitrogen and oxygen atoms in total. The molecule has 2 aromatic rings. The Morgan fingerprint density at radius 1 is 1.35 bits per heavy atom. The number of aromatic nitrogens is 3. The molecule has 0 aliphatic carbocycles. The minimum atomic E-state index is -3.04. The van der Waals surface area contributed by atoms with E-state index in [2.05, 4.69) is 10.4 Å². The van der Waals surface area contributed by atoms with Gasteiger partial charge in [0.1, 0.15) is 6.61 Å². The molecule has 1 amide bonds. The lowest BCUT2D eigenvalue weighted by atomic mass is 10.2. The Bertz CT molecular complexity index is 1140. The third-order valence-electron chi connectivity index (χ3n) is 5.26. The highest BCUT2D eigenvalue weighted by molar-refractivity contribution is 7.91. The van der Waals surface area contributed by atoms with E-state index in [0.29, 0.717) is 41.8 Å². The van der Waals surface area contributed by atoms with Gasteiger partial charge in [-0.2, -0.15) is 5.10 Å². The number of nitrogens with zero attached hydrogens (tertiary/aromatic N) is 4. The predicted octanol–water partition coefficient (Wildman–Crippen LogP) is 0.656. The van der Waals surface area contributed by atoms with E-state index in [-0.39, 0.29) is 30.0 Å². The summed E-state index contributed by atoms with van der Waals surface area (Å²) >= 11 is 5.51. The van der Waals surface area contributed by atoms with Crippen LogP contribution in [0.3, 0.4) is 0 Å². The van der Waals surface area contributed by atoms with Crippen LogP contribution in [0.25, 0.3) is 0 Å². The summed E-state index contributed by atoms with van der Waals surface area (Å²) < 4.78 is 38.8. The number of fused-ring (bicyclic) bond motifs is 1. The zero-order valence-electron chi connectivity index (χ0n) is 17.4. The van der Waals surface area contributed by atoms with Crippen LogP contribution in [0.15, 0.2) is 24.3 Å². The molecule has 12 heteroatoms. The van der Waals surface area contributed by atoms with Gasteiger partial charge in [0.25, 0.3) is 0 Å². The Hall–Kier alpha value is -2.44. The lowest BCUT2D eigenvalue weighted by Gasteiger charge is -2.25. The third-order valence-corrected chi connectivity index (χ3v) is 7.51. The second-order valence-electron chi connectivity index (χ2n) is 7.89. The summed E-state index contributed by atoms with van der Waals surface area (Å²) in [6, 6.07) is 7.14. The fraction of sp³-hybridized carbons (Fsp3) is 0.526. The largest absolute Gasteiger partial charge is 0.485 e. The first-order chi connectivity index (χ1) is 14.7. The number of hydrogen-bond donors (Lipinski definition) is 1. The Balaban J connectivity index is 1.38. The molecule has 168 valence electrons. The Kier molecular flexibility index (Phi) is 6.04. The maximum absolute atomic E-state index is 12.3. The average molecular weight is 468 g/mol. The summed E-state index contributed by atoms with van der Waals surface area (Å²) in [4.78, 5) is 14.0. The van der Waals surface area contributed by atoms with Crippen molar-refractivity contribution in [2.45, 2.75) is 25.2 Å². The number of carbonyl (C=O) groups excluding carboxylic acids is 1. The minimum Gasteiger partial charge on any atom is -0.485 e. The average Bonchev–Trinajstić information content (AvgIpc) is 3.20. The fourth-order valence-electron chi connectivity index (χ4n) is 3.73. The van der Waals surface area contributed by atoms with Gasteiger partial charge in [0.05, 0.1) is 24.7 Å². The molecule has 1 aromatic heterocycles. The zero-order valence-corrected chi connectivity index (χ0v) is 19.0. The number of likely N-dealkylation sites (N-methyl/N-ethyl adjacent to an activating group) is 1. The quantitative estimate of drug-likeness (QED) is 0.618. The highest BCUT2D eigenvalue weighted by atomic mass is 32.2. The van der Waals surface area contributed by atoms with E-state index in [1.807, 2.05) is 31.3 Å². The van der Waals surface area contributed by atoms with E-state index in [1.165, 1.54) is 0 Å². The summed E-state index contributed by atoms with van der Waals surface area (Å²) in [7, 11) is 0.557. The predicted molar refractivity (Wildman–Crippen MR) is 115 cm³/mol. The van der Waals surface area contributed by atoms with Gasteiger partial charge >= 0.3 is 0 Å². The fourth-order valence-corrected chi connectivity index (χ4v) is 5.60. The van der Waals surface area contributed by atoms with Gasteiger partial charge in [-0.15, -0.1) is 0 Å². The van der Waals surface area contributed by atoms with Gasteiger partial charge in [-0.25, -0.2) is 13.1 Å². The van der Waals surface area contributed by atoms with Crippen LogP contribution in [0.1, 0.15) is 18.3 Å². The van der Waals surface area contributed by atoms with Gasteiger partial charge in [0.15, 0.2) is 38.0 Å². The van der Waals surface area contributed by atoms with Crippen molar-refractivity contribution in [1.29, 1.82) is 0 Å². The first-order valence-corrected chi connectivity index (χ1v) is 12.2. The molecule has 3 heterocycles. The summed E-state index contributed by atoms with van der Waals surface area (Å²) in [5.74, 6) is 1.88. The number of amides is 1. The molecule has 4 rings (SSSR count). The first kappa shape index (κ1) is 21.8. The van der Waals surface area contributed by atoms with Gasteiger partial charge in [-0.1, -0.05) is 12.1 Å². The summed E-state index contributed by atoms with van der Waals surface area (Å²) in [6.07, 6.45) is 0.0553. The third kappa shape index (κ3) is 4.91. The molecule has 2 atom stereocenters. The molecule has 2 unspecified atom stereocenters. The van der Waals surface area contributed by atoms with Crippen LogP contribution >= 0.6 is 12.2 Å². The number of ether oxygens (including phenoxy) is 2. The molecular formula is C19H25N5O5S2. The van der Waals surface area contributed by atoms with Crippen LogP contribution in [-0.4, -0.2) is 71.3 Å². The van der Waals surface area contributed by atoms with Crippen molar-refractivity contribution in [1.82, 2.24) is 24.6 Å². The molecule has 0 radical (unpaired) electrons. The van der Waals surface area contributed by atoms with E-state index in [0.717, 1.165) is 0 Å². The smallest absolute Gasteiger partial charge is 0.234 e. The molecule has 1 saturated heterocycles. The monoisotopic (exact) mass is 467 g/mol. The number of para-hydroxylation sites is 2. The zero-order chi connectivity index (χ0) is 22.2. The molecule has 2 aliphatic heterocycles. The topological polar surface area (TPSA) is 108 Å². The van der Waals surface area contributed by atoms with Gasteiger partial charge < -0.3 is 19.4 Å². The molecule has 2 aliphatic rings. The number of benzene rings is 1. The van der Waals surface area contributed by atoms with Crippen LogP contribution in [0.4, 0.5) is 0 Å². The van der Waals surface area contributed by atoms with Gasteiger partial charge in [0, 0.05) is 13.1 Å². The Labute approximate surface area is 185 Å². The lowest BCUT2D eigenvalue weighted by Crippen LogP contribution is -2.42. The maximum atomic E-state index is 12.3. The van der Waals surface area contributed by atoms with Crippen LogP contribution in [0.5, 0.6) is 11.5 Å². The van der Waals surface area contributed by atoms with Crippen molar-refractivity contribution in [3.63, 3.8) is 0 Å². The van der Waals surface area contributed by atoms with Crippen molar-refractivity contribution in [3.8, 4) is 11.5 Å². The van der Waals surface area contributed by atoms with Crippen molar-refractivity contribution in [2.75, 3.05) is 31.7 Å². The van der Waals surface area contributed by atoms with E-state index in [1.54, 1.807) is 21.2 Å². The lowest BCUT2D eigenvalue weighted by molar-refractivity contribution is -0.122. The summed E-state index contributed by atoms with van der Waals surface area (Å²) in [5, 5.41) is 7.38. The Morgan fingerprint density at radius 3 is 2.81 bits per heavy atom. The Morgan fingerprint density at radius 2 is 2.10 bits per heavy atom. The number of sulfone groups is 1. The molecule has 0 spiro atoms. The van der Waals surface area contributed by atoms with Crippen LogP contribution < -0.4 is 14.8 Å². The first-order valence-electron chi connectivity index (χ1n) is 9.92. The van der Waals surface area contributed by atoms with E-state index >= 15 is 0 Å². The van der Waals surface area contributed by atoms with Gasteiger partial charge in [0.2, 0.25) is 5.91 Å². The number of rotatable bonds is 6. The van der Waals surface area contributed by atoms with E-state index in [4.69, 9.17) is 21.7 Å². The van der Waals surface area contributed by atoms with Crippen LogP contribution in [0.2, 0.25) is 0 Å². The van der Waals surface area contributed by atoms with Crippen molar-refractivity contribution in [2.24, 2.45) is 7.05 Å². The maximum Gasteiger partial charge on any atom is 0.234 e.